The van der Waals surface area contributed by atoms with E-state index in [1.54, 1.807) is 6.08 Å². The summed E-state index contributed by atoms with van der Waals surface area (Å²) in [7, 11) is 0. The van der Waals surface area contributed by atoms with E-state index in [2.05, 4.69) is 13.8 Å². The van der Waals surface area contributed by atoms with Crippen molar-refractivity contribution in [2.45, 2.75) is 71.5 Å². The van der Waals surface area contributed by atoms with Gasteiger partial charge in [-0.3, -0.25) is 9.59 Å². The molecule has 4 aliphatic carbocycles. The molecular formula is C24H36O6. The van der Waals surface area contributed by atoms with E-state index in [4.69, 9.17) is 9.47 Å². The van der Waals surface area contributed by atoms with E-state index >= 15 is 0 Å². The number of aliphatic hydroxyl groups is 2. The van der Waals surface area contributed by atoms with Gasteiger partial charge >= 0.3 is 0 Å². The molecule has 0 spiro atoms. The molecule has 0 aromatic heterocycles. The van der Waals surface area contributed by atoms with Crippen LogP contribution in [0.5, 0.6) is 0 Å². The van der Waals surface area contributed by atoms with Crippen molar-refractivity contribution in [2.24, 2.45) is 34.5 Å². The molecule has 2 N–H and O–H groups in total. The quantitative estimate of drug-likeness (QED) is 0.507. The zero-order chi connectivity index (χ0) is 21.7. The van der Waals surface area contributed by atoms with Crippen LogP contribution in [0.15, 0.2) is 11.6 Å². The molecule has 3 fully saturated rings. The highest BCUT2D eigenvalue weighted by atomic mass is 16.7. The molecule has 6 nitrogen and oxygen atoms in total. The maximum absolute atomic E-state index is 12.6. The zero-order valence-corrected chi connectivity index (χ0v) is 18.4. The second-order valence-electron chi connectivity index (χ2n) is 10.3. The lowest BCUT2D eigenvalue weighted by Gasteiger charge is -2.60. The van der Waals surface area contributed by atoms with Crippen LogP contribution < -0.4 is 0 Å². The van der Waals surface area contributed by atoms with Crippen molar-refractivity contribution >= 4 is 11.6 Å². The van der Waals surface area contributed by atoms with E-state index in [1.807, 2.05) is 6.92 Å². The second kappa shape index (κ2) is 8.12. The molecule has 3 saturated carbocycles. The number of ketones is 2. The number of hydrogen-bond acceptors (Lipinski definition) is 6. The van der Waals surface area contributed by atoms with Crippen molar-refractivity contribution in [3.63, 3.8) is 0 Å². The van der Waals surface area contributed by atoms with Gasteiger partial charge in [0.1, 0.15) is 19.5 Å². The van der Waals surface area contributed by atoms with Crippen molar-refractivity contribution in [3.8, 4) is 0 Å². The average Bonchev–Trinajstić information content (AvgIpc) is 3.04. The summed E-state index contributed by atoms with van der Waals surface area (Å²) < 4.78 is 11.1. The van der Waals surface area contributed by atoms with Crippen LogP contribution in [0.1, 0.15) is 59.3 Å². The molecule has 30 heavy (non-hydrogen) atoms. The predicted octanol–water partition coefficient (Wildman–Crippen LogP) is 2.66. The predicted molar refractivity (Wildman–Crippen MR) is 110 cm³/mol. The Balaban J connectivity index is 1.62. The summed E-state index contributed by atoms with van der Waals surface area (Å²) in [6.07, 6.45) is 5.44. The number of rotatable bonds is 6. The fourth-order valence-corrected chi connectivity index (χ4v) is 7.72. The van der Waals surface area contributed by atoms with Crippen LogP contribution in [0.4, 0.5) is 0 Å². The summed E-state index contributed by atoms with van der Waals surface area (Å²) in [6, 6.07) is 0. The van der Waals surface area contributed by atoms with Crippen LogP contribution in [0, 0.1) is 34.5 Å². The first-order valence-corrected chi connectivity index (χ1v) is 11.5. The molecule has 1 unspecified atom stereocenters. The van der Waals surface area contributed by atoms with Crippen molar-refractivity contribution in [2.75, 3.05) is 20.0 Å². The Bertz CT molecular complexity index is 731. The largest absolute Gasteiger partial charge is 0.393 e. The topological polar surface area (TPSA) is 93.1 Å². The maximum Gasteiger partial charge on any atom is 0.184 e. The molecule has 0 aromatic carbocycles. The molecule has 4 aliphatic rings. The third-order valence-electron chi connectivity index (χ3n) is 9.01. The van der Waals surface area contributed by atoms with Crippen LogP contribution >= 0.6 is 0 Å². The molecule has 4 rings (SSSR count). The number of Topliss-reactive ketones (excluding diaryl/α,β-unsaturated/α-hetero) is 1. The van der Waals surface area contributed by atoms with Crippen LogP contribution in [0.3, 0.4) is 0 Å². The van der Waals surface area contributed by atoms with Gasteiger partial charge in [-0.1, -0.05) is 19.4 Å². The van der Waals surface area contributed by atoms with Crippen molar-refractivity contribution in [1.82, 2.24) is 0 Å². The molecule has 8 atom stereocenters. The second-order valence-corrected chi connectivity index (χ2v) is 10.3. The minimum Gasteiger partial charge on any atom is -0.393 e. The fourth-order valence-electron chi connectivity index (χ4n) is 7.72. The minimum atomic E-state index is -0.531. The van der Waals surface area contributed by atoms with Crippen molar-refractivity contribution in [1.29, 1.82) is 0 Å². The minimum absolute atomic E-state index is 0.00485. The van der Waals surface area contributed by atoms with Crippen molar-refractivity contribution < 1.29 is 29.3 Å². The fraction of sp³-hybridized carbons (Fsp3) is 0.833. The smallest absolute Gasteiger partial charge is 0.184 e. The highest BCUT2D eigenvalue weighted by Crippen LogP contribution is 2.66. The number of allylic oxidation sites excluding steroid dienone is 1. The van der Waals surface area contributed by atoms with Crippen molar-refractivity contribution in [3.05, 3.63) is 11.6 Å². The molecule has 0 heterocycles. The van der Waals surface area contributed by atoms with E-state index < -0.39 is 18.8 Å². The van der Waals surface area contributed by atoms with Gasteiger partial charge in [0.05, 0.1) is 6.10 Å². The van der Waals surface area contributed by atoms with Gasteiger partial charge in [0.25, 0.3) is 0 Å². The Hall–Kier alpha value is -1.08. The first-order valence-electron chi connectivity index (χ1n) is 11.5. The van der Waals surface area contributed by atoms with Crippen LogP contribution in [-0.4, -0.2) is 54.0 Å². The van der Waals surface area contributed by atoms with Gasteiger partial charge in [-0.2, -0.15) is 0 Å². The maximum atomic E-state index is 12.6. The molecular weight excluding hydrogens is 384 g/mol. The summed E-state index contributed by atoms with van der Waals surface area (Å²) in [5, 5.41) is 20.9. The normalized spacial score (nSPS) is 45.4. The highest BCUT2D eigenvalue weighted by molar-refractivity contribution is 5.95. The third-order valence-corrected chi connectivity index (χ3v) is 9.01. The lowest BCUT2D eigenvalue weighted by molar-refractivity contribution is -0.162. The number of ether oxygens (including phenoxy) is 2. The Morgan fingerprint density at radius 1 is 1.23 bits per heavy atom. The monoisotopic (exact) mass is 420 g/mol. The molecule has 0 saturated heterocycles. The standard InChI is InChI=1S/C24H36O6/c1-4-29-13-30-21-11-23(2)14(9-18(21)26)5-6-15-16-7-8-17(20(28)12-25)24(16,3)10-19(27)22(15)23/h9,15-17,19,21-22,25,27H,4-8,10-13H2,1-3H3/t15-,16-,17+,19-,21?,22+,23-,24-/m0/s1. The van der Waals surface area contributed by atoms with E-state index in [0.29, 0.717) is 31.3 Å². The summed E-state index contributed by atoms with van der Waals surface area (Å²) in [4.78, 5) is 25.1. The molecule has 0 amide bonds. The lowest BCUT2D eigenvalue weighted by atomic mass is 9.45. The highest BCUT2D eigenvalue weighted by Gasteiger charge is 2.63. The first-order chi connectivity index (χ1) is 14.3. The number of fused-ring (bicyclic) bond motifs is 5. The van der Waals surface area contributed by atoms with E-state index in [0.717, 1.165) is 31.3 Å². The van der Waals surface area contributed by atoms with Gasteiger partial charge in [-0.25, -0.2) is 0 Å². The van der Waals surface area contributed by atoms with E-state index in [1.165, 1.54) is 0 Å². The van der Waals surface area contributed by atoms with Gasteiger partial charge < -0.3 is 19.7 Å². The summed E-state index contributed by atoms with van der Waals surface area (Å²) >= 11 is 0. The molecule has 0 bridgehead atoms. The van der Waals surface area contributed by atoms with Gasteiger partial charge in [0.15, 0.2) is 11.6 Å². The molecule has 0 radical (unpaired) electrons. The number of carbonyl (C=O) groups excluding carboxylic acids is 2. The summed E-state index contributed by atoms with van der Waals surface area (Å²) in [5.74, 6) is 0.502. The van der Waals surface area contributed by atoms with E-state index in [-0.39, 0.29) is 41.0 Å². The van der Waals surface area contributed by atoms with Gasteiger partial charge in [0.2, 0.25) is 0 Å². The Labute approximate surface area is 179 Å². The van der Waals surface area contributed by atoms with Crippen LogP contribution in [0.2, 0.25) is 0 Å². The third kappa shape index (κ3) is 3.31. The number of carbonyl (C=O) groups is 2. The van der Waals surface area contributed by atoms with E-state index in [9.17, 15) is 19.8 Å². The molecule has 0 aliphatic heterocycles. The Morgan fingerprint density at radius 3 is 2.70 bits per heavy atom. The molecule has 168 valence electrons. The average molecular weight is 421 g/mol. The van der Waals surface area contributed by atoms with Crippen LogP contribution in [-0.2, 0) is 19.1 Å². The molecule has 6 heteroatoms. The Kier molecular flexibility index (Phi) is 5.99. The Morgan fingerprint density at radius 2 is 2.00 bits per heavy atom. The van der Waals surface area contributed by atoms with Crippen LogP contribution in [0.25, 0.3) is 0 Å². The first kappa shape index (κ1) is 22.1. The zero-order valence-electron chi connectivity index (χ0n) is 18.4. The number of aliphatic hydroxyl groups excluding tert-OH is 2. The number of hydrogen-bond donors (Lipinski definition) is 2. The van der Waals surface area contributed by atoms with Gasteiger partial charge in [-0.05, 0) is 80.1 Å². The van der Waals surface area contributed by atoms with Gasteiger partial charge in [0, 0.05) is 12.5 Å². The summed E-state index contributed by atoms with van der Waals surface area (Å²) in [5.41, 5.74) is 0.606. The SMILES string of the molecule is CCOCOC1C[C@@]2(C)C(=CC1=O)CC[C@@H]1[C@@H]2[C@@H](O)C[C@]2(C)[C@@H](C(=O)CO)CC[C@@H]12. The molecule has 0 aromatic rings. The van der Waals surface area contributed by atoms with Gasteiger partial charge in [-0.15, -0.1) is 0 Å². The lowest BCUT2D eigenvalue weighted by Crippen LogP contribution is -2.58. The summed E-state index contributed by atoms with van der Waals surface area (Å²) in [6.45, 7) is 6.46.